The van der Waals surface area contributed by atoms with Gasteiger partial charge in [0, 0.05) is 30.6 Å². The average molecular weight is 732 g/mol. The second-order valence-electron chi connectivity index (χ2n) is 10.5. The van der Waals surface area contributed by atoms with Crippen molar-refractivity contribution in [3.05, 3.63) is 96.5 Å². The van der Waals surface area contributed by atoms with Crippen molar-refractivity contribution in [3.8, 4) is 16.2 Å². The van der Waals surface area contributed by atoms with Gasteiger partial charge in [-0.1, -0.05) is 54.7 Å². The van der Waals surface area contributed by atoms with Crippen LogP contribution in [0.3, 0.4) is 0 Å². The Morgan fingerprint density at radius 3 is 2.27 bits per heavy atom. The minimum absolute atomic E-state index is 0.0160. The maximum atomic E-state index is 12.7. The van der Waals surface area contributed by atoms with E-state index in [1.54, 1.807) is 66.9 Å². The summed E-state index contributed by atoms with van der Waals surface area (Å²) >= 11 is 14.5. The summed E-state index contributed by atoms with van der Waals surface area (Å²) in [6.45, 7) is 6.56. The first-order valence-electron chi connectivity index (χ1n) is 15.2. The van der Waals surface area contributed by atoms with E-state index in [4.69, 9.17) is 32.7 Å². The van der Waals surface area contributed by atoms with E-state index in [2.05, 4.69) is 28.1 Å². The summed E-state index contributed by atoms with van der Waals surface area (Å²) in [4.78, 5) is 39.1. The van der Waals surface area contributed by atoms with E-state index >= 15 is 0 Å². The Morgan fingerprint density at radius 2 is 1.56 bits per heavy atom. The Kier molecular flexibility index (Phi) is 14.4. The van der Waals surface area contributed by atoms with Gasteiger partial charge >= 0.3 is 0 Å². The zero-order valence-corrected chi connectivity index (χ0v) is 29.6. The van der Waals surface area contributed by atoms with Gasteiger partial charge in [0.15, 0.2) is 0 Å². The van der Waals surface area contributed by atoms with Crippen LogP contribution in [0, 0.1) is 0 Å². The van der Waals surface area contributed by atoms with Crippen LogP contribution < -0.4 is 16.1 Å². The van der Waals surface area contributed by atoms with E-state index in [1.807, 2.05) is 0 Å². The first kappa shape index (κ1) is 37.0. The van der Waals surface area contributed by atoms with Crippen LogP contribution in [0.15, 0.2) is 65.1 Å². The summed E-state index contributed by atoms with van der Waals surface area (Å²) < 4.78 is 10.9. The van der Waals surface area contributed by atoms with Crippen molar-refractivity contribution in [2.45, 2.75) is 33.2 Å². The van der Waals surface area contributed by atoms with Crippen LogP contribution in [-0.4, -0.2) is 61.5 Å². The number of unbranched alkanes of at least 4 members (excludes halogenated alkanes) is 1. The molecular weight excluding hydrogens is 695 g/mol. The summed E-state index contributed by atoms with van der Waals surface area (Å²) in [5.74, 6) is -1.02. The molecule has 10 nitrogen and oxygen atoms in total. The van der Waals surface area contributed by atoms with Gasteiger partial charge in [0.25, 0.3) is 17.7 Å². The maximum absolute atomic E-state index is 12.7. The number of nitrogens with zero attached hydrogens (tertiary/aromatic N) is 1. The van der Waals surface area contributed by atoms with E-state index in [9.17, 15) is 19.5 Å². The largest absolute Gasteiger partial charge is 0.506 e. The molecule has 0 bridgehead atoms. The fourth-order valence-corrected chi connectivity index (χ4v) is 6.35. The second-order valence-corrected chi connectivity index (χ2v) is 13.2. The first-order valence-corrected chi connectivity index (χ1v) is 17.6. The number of benzene rings is 2. The minimum atomic E-state index is -0.491. The van der Waals surface area contributed by atoms with E-state index in [0.29, 0.717) is 73.4 Å². The highest BCUT2D eigenvalue weighted by Crippen LogP contribution is 2.40. The lowest BCUT2D eigenvalue weighted by molar-refractivity contribution is 0.0472. The third kappa shape index (κ3) is 10.6. The highest BCUT2D eigenvalue weighted by Gasteiger charge is 2.17. The highest BCUT2D eigenvalue weighted by atomic mass is 35.5. The molecule has 0 saturated heterocycles. The smallest absolute Gasteiger partial charge is 0.281 e. The van der Waals surface area contributed by atoms with E-state index < -0.39 is 5.91 Å². The number of rotatable bonds is 17. The average Bonchev–Trinajstić information content (AvgIpc) is 3.74. The van der Waals surface area contributed by atoms with Gasteiger partial charge < -0.3 is 25.2 Å². The van der Waals surface area contributed by atoms with E-state index in [-0.39, 0.29) is 24.1 Å². The lowest BCUT2D eigenvalue weighted by Crippen LogP contribution is -2.27. The van der Waals surface area contributed by atoms with Gasteiger partial charge in [-0.05, 0) is 60.9 Å². The summed E-state index contributed by atoms with van der Waals surface area (Å²) in [5.41, 5.74) is 5.36. The zero-order chi connectivity index (χ0) is 34.5. The fourth-order valence-electron chi connectivity index (χ4n) is 4.23. The van der Waals surface area contributed by atoms with Crippen LogP contribution in [0.25, 0.3) is 10.4 Å². The van der Waals surface area contributed by atoms with Crippen LogP contribution in [0.2, 0.25) is 10.0 Å². The molecule has 0 spiro atoms. The topological polar surface area (TPSA) is 138 Å². The van der Waals surface area contributed by atoms with E-state index in [1.165, 1.54) is 11.3 Å². The van der Waals surface area contributed by atoms with Crippen molar-refractivity contribution in [1.82, 2.24) is 16.1 Å². The molecule has 254 valence electrons. The number of halogens is 2. The van der Waals surface area contributed by atoms with Crippen molar-refractivity contribution in [1.29, 1.82) is 0 Å². The lowest BCUT2D eigenvalue weighted by atomic mass is 10.1. The molecule has 0 aliphatic carbocycles. The highest BCUT2D eigenvalue weighted by molar-refractivity contribution is 7.16. The van der Waals surface area contributed by atoms with Gasteiger partial charge in [-0.2, -0.15) is 5.10 Å². The predicted octanol–water partition coefficient (Wildman–Crippen LogP) is 7.14. The zero-order valence-electron chi connectivity index (χ0n) is 26.4. The molecule has 0 saturated carbocycles. The second kappa shape index (κ2) is 18.7. The quantitative estimate of drug-likeness (QED) is 0.0518. The number of amides is 3. The van der Waals surface area contributed by atoms with Crippen molar-refractivity contribution in [2.75, 3.05) is 33.0 Å². The van der Waals surface area contributed by atoms with Crippen LogP contribution in [-0.2, 0) is 16.0 Å². The van der Waals surface area contributed by atoms with Gasteiger partial charge in [-0.25, -0.2) is 5.43 Å². The first-order chi connectivity index (χ1) is 23.2. The minimum Gasteiger partial charge on any atom is -0.506 e. The molecule has 3 amide bonds. The molecule has 4 aromatic rings. The fraction of sp³-hybridized carbons (Fsp3) is 0.294. The number of carbonyl (C=O) groups is 3. The maximum Gasteiger partial charge on any atom is 0.281 e. The van der Waals surface area contributed by atoms with Crippen molar-refractivity contribution in [2.24, 2.45) is 5.10 Å². The summed E-state index contributed by atoms with van der Waals surface area (Å²) in [6.07, 6.45) is 2.13. The van der Waals surface area contributed by atoms with Gasteiger partial charge in [-0.3, -0.25) is 14.4 Å². The van der Waals surface area contributed by atoms with Crippen molar-refractivity contribution >= 4 is 69.3 Å². The van der Waals surface area contributed by atoms with Gasteiger partial charge in [0.1, 0.15) is 5.75 Å². The van der Waals surface area contributed by atoms with Crippen LogP contribution in [0.5, 0.6) is 5.75 Å². The Morgan fingerprint density at radius 1 is 0.854 bits per heavy atom. The Hall–Kier alpha value is -3.78. The number of carbonyl (C=O) groups excluding carboxylic acids is 3. The number of hydrogen-bond donors (Lipinski definition) is 4. The Labute approximate surface area is 297 Å². The molecule has 2 aromatic carbocycles. The van der Waals surface area contributed by atoms with Crippen LogP contribution in [0.4, 0.5) is 0 Å². The third-order valence-electron chi connectivity index (χ3n) is 6.93. The molecule has 0 aliphatic rings. The molecule has 0 fully saturated rings. The summed E-state index contributed by atoms with van der Waals surface area (Å²) in [7, 11) is 0. The van der Waals surface area contributed by atoms with Crippen LogP contribution >= 0.6 is 45.9 Å². The molecule has 14 heteroatoms. The standard InChI is InChI=1S/C34H36Cl2N4O6S2/c1-3-4-14-45-16-17-46-15-13-37-32(42)23-7-5-22(6-8-23)19-38-33(43)28-11-12-29(48-28)34(44)40-39-21(2)25-20-47-31(30(25)41)24-9-10-26(35)27(36)18-24/h5-12,18,20,41H,3-4,13-17,19H2,1-2H3,(H,37,42)(H,38,43)(H,40,44)/b39-21+. The van der Waals surface area contributed by atoms with Gasteiger partial charge in [0.05, 0.1) is 55.8 Å². The molecule has 0 unspecified atom stereocenters. The van der Waals surface area contributed by atoms with Crippen molar-refractivity contribution < 1.29 is 29.0 Å². The number of hydrogen-bond acceptors (Lipinski definition) is 9. The normalized spacial score (nSPS) is 11.4. The van der Waals surface area contributed by atoms with Gasteiger partial charge in [0.2, 0.25) is 0 Å². The summed E-state index contributed by atoms with van der Waals surface area (Å²) in [6, 6.07) is 15.1. The number of hydrazone groups is 1. The lowest BCUT2D eigenvalue weighted by Gasteiger charge is -2.08. The number of ether oxygens (including phenoxy) is 2. The Bertz CT molecular complexity index is 1740. The van der Waals surface area contributed by atoms with Crippen LogP contribution in [0.1, 0.15) is 67.5 Å². The molecule has 0 radical (unpaired) electrons. The van der Waals surface area contributed by atoms with Crippen molar-refractivity contribution in [3.63, 3.8) is 0 Å². The molecule has 4 rings (SSSR count). The molecule has 48 heavy (non-hydrogen) atoms. The predicted molar refractivity (Wildman–Crippen MR) is 192 cm³/mol. The Balaban J connectivity index is 1.21. The monoisotopic (exact) mass is 730 g/mol. The molecule has 2 heterocycles. The van der Waals surface area contributed by atoms with E-state index in [0.717, 1.165) is 36.3 Å². The molecular formula is C34H36Cl2N4O6S2. The number of aromatic hydroxyl groups is 1. The SMILES string of the molecule is CCCCOCCOCCNC(=O)c1ccc(CNC(=O)c2ccc(C(=O)N/N=C(\C)c3csc(-c4ccc(Cl)c(Cl)c4)c3O)s2)cc1. The molecule has 4 N–H and O–H groups in total. The number of nitrogens with one attached hydrogen (secondary N) is 3. The molecule has 0 atom stereocenters. The molecule has 2 aromatic heterocycles. The summed E-state index contributed by atoms with van der Waals surface area (Å²) in [5, 5.41) is 23.1. The number of thiophene rings is 2. The van der Waals surface area contributed by atoms with Gasteiger partial charge in [-0.15, -0.1) is 22.7 Å². The third-order valence-corrected chi connectivity index (χ3v) is 9.77. The molecule has 0 aliphatic heterocycles.